The molecule has 0 bridgehead atoms. The van der Waals surface area contributed by atoms with E-state index in [1.165, 1.54) is 10.8 Å². The first-order valence-corrected chi connectivity index (χ1v) is 5.51. The van der Waals surface area contributed by atoms with E-state index >= 15 is 0 Å². The topological polar surface area (TPSA) is 63.3 Å². The van der Waals surface area contributed by atoms with Gasteiger partial charge in [0.2, 0.25) is 0 Å². The van der Waals surface area contributed by atoms with E-state index in [1.807, 2.05) is 0 Å². The maximum absolute atomic E-state index is 10.2. The minimum Gasteiger partial charge on any atom is -0.480 e. The van der Waals surface area contributed by atoms with Gasteiger partial charge in [-0.15, -0.1) is 6.58 Å². The van der Waals surface area contributed by atoms with E-state index in [2.05, 4.69) is 6.58 Å². The predicted octanol–water partition coefficient (Wildman–Crippen LogP) is 0.966. The van der Waals surface area contributed by atoms with Crippen LogP contribution in [-0.4, -0.2) is 28.6 Å². The summed E-state index contributed by atoms with van der Waals surface area (Å²) in [5, 5.41) is 8.37. The van der Waals surface area contributed by atoms with Crippen LogP contribution in [0.25, 0.3) is 0 Å². The summed E-state index contributed by atoms with van der Waals surface area (Å²) in [5.41, 5.74) is 5.24. The summed E-state index contributed by atoms with van der Waals surface area (Å²) >= 11 is 0. The van der Waals surface area contributed by atoms with Gasteiger partial charge in [0.05, 0.1) is 0 Å². The van der Waals surface area contributed by atoms with Crippen LogP contribution in [0.2, 0.25) is 0 Å². The number of carbonyl (C=O) groups is 1. The Morgan fingerprint density at radius 2 is 2.36 bits per heavy atom. The molecule has 0 radical (unpaired) electrons. The fourth-order valence-electron chi connectivity index (χ4n) is 0.289. The summed E-state index contributed by atoms with van der Waals surface area (Å²) in [6.45, 7) is 3.53. The van der Waals surface area contributed by atoms with Crippen LogP contribution in [0.3, 0.4) is 0 Å². The van der Waals surface area contributed by atoms with Crippen LogP contribution in [-0.2, 0) is 4.79 Å². The standard InChI is InChI=1S/C6H11NO2S2/c1-2-3-10-11-4-5(7)6(8)9/h2,5H,1,3-4,7H2,(H,8,9). The highest BCUT2D eigenvalue weighted by atomic mass is 33.1. The van der Waals surface area contributed by atoms with Crippen molar-refractivity contribution in [3.05, 3.63) is 12.7 Å². The molecule has 0 aromatic carbocycles. The molecule has 1 unspecified atom stereocenters. The molecule has 0 aliphatic carbocycles. The van der Waals surface area contributed by atoms with Crippen molar-refractivity contribution in [3.8, 4) is 0 Å². The summed E-state index contributed by atoms with van der Waals surface area (Å²) in [4.78, 5) is 10.2. The summed E-state index contributed by atoms with van der Waals surface area (Å²) in [6.07, 6.45) is 1.77. The van der Waals surface area contributed by atoms with Gasteiger partial charge in [-0.1, -0.05) is 27.7 Å². The Labute approximate surface area is 73.8 Å². The highest BCUT2D eigenvalue weighted by Crippen LogP contribution is 2.21. The number of carboxylic acid groups (broad SMARTS) is 1. The number of nitrogens with two attached hydrogens (primary N) is 1. The van der Waals surface area contributed by atoms with E-state index in [4.69, 9.17) is 10.8 Å². The number of hydrogen-bond donors (Lipinski definition) is 2. The summed E-state index contributed by atoms with van der Waals surface area (Å²) < 4.78 is 0. The van der Waals surface area contributed by atoms with Gasteiger partial charge >= 0.3 is 5.97 Å². The second-order valence-electron chi connectivity index (χ2n) is 1.80. The quantitative estimate of drug-likeness (QED) is 0.374. The van der Waals surface area contributed by atoms with Crippen molar-refractivity contribution >= 4 is 27.6 Å². The Bertz CT molecular complexity index is 141. The van der Waals surface area contributed by atoms with Crippen LogP contribution in [0, 0.1) is 0 Å². The zero-order valence-electron chi connectivity index (χ0n) is 6.03. The molecule has 0 rings (SSSR count). The largest absolute Gasteiger partial charge is 0.480 e. The van der Waals surface area contributed by atoms with Gasteiger partial charge in [-0.3, -0.25) is 4.79 Å². The minimum absolute atomic E-state index is 0.438. The SMILES string of the molecule is C=CCSSCC(N)C(=O)O. The van der Waals surface area contributed by atoms with Gasteiger partial charge in [-0.2, -0.15) is 0 Å². The normalized spacial score (nSPS) is 12.5. The second-order valence-corrected chi connectivity index (χ2v) is 4.35. The van der Waals surface area contributed by atoms with Crippen LogP contribution in [0.4, 0.5) is 0 Å². The molecule has 0 aliphatic heterocycles. The molecule has 0 heterocycles. The summed E-state index contributed by atoms with van der Waals surface area (Å²) in [5.74, 6) is 0.307. The molecule has 64 valence electrons. The molecule has 1 atom stereocenters. The fourth-order valence-corrected chi connectivity index (χ4v) is 2.17. The van der Waals surface area contributed by atoms with Crippen molar-refractivity contribution in [1.82, 2.24) is 0 Å². The predicted molar refractivity (Wildman–Crippen MR) is 50.7 cm³/mol. The Morgan fingerprint density at radius 3 is 2.82 bits per heavy atom. The smallest absolute Gasteiger partial charge is 0.321 e. The summed E-state index contributed by atoms with van der Waals surface area (Å²) in [7, 11) is 3.01. The second kappa shape index (κ2) is 6.57. The lowest BCUT2D eigenvalue weighted by Gasteiger charge is -2.03. The lowest BCUT2D eigenvalue weighted by Crippen LogP contribution is -2.32. The average Bonchev–Trinajstić information content (AvgIpc) is 1.97. The third-order valence-electron chi connectivity index (χ3n) is 0.834. The number of hydrogen-bond acceptors (Lipinski definition) is 4. The Balaban J connectivity index is 3.24. The molecule has 0 amide bonds. The molecule has 0 saturated heterocycles. The van der Waals surface area contributed by atoms with Gasteiger partial charge in [-0.05, 0) is 0 Å². The first kappa shape index (κ1) is 10.9. The van der Waals surface area contributed by atoms with Crippen molar-refractivity contribution in [2.45, 2.75) is 6.04 Å². The number of aliphatic carboxylic acids is 1. The minimum atomic E-state index is -0.947. The molecule has 0 saturated carbocycles. The first-order valence-electron chi connectivity index (χ1n) is 3.02. The number of rotatable bonds is 6. The Morgan fingerprint density at radius 1 is 1.73 bits per heavy atom. The Kier molecular flexibility index (Phi) is 6.49. The van der Waals surface area contributed by atoms with Gasteiger partial charge in [0.15, 0.2) is 0 Å². The van der Waals surface area contributed by atoms with E-state index in [9.17, 15) is 4.79 Å². The van der Waals surface area contributed by atoms with Crippen LogP contribution in [0.1, 0.15) is 0 Å². The first-order chi connectivity index (χ1) is 5.18. The van der Waals surface area contributed by atoms with Crippen LogP contribution in [0.5, 0.6) is 0 Å². The van der Waals surface area contributed by atoms with Crippen molar-refractivity contribution < 1.29 is 9.90 Å². The molecular formula is C6H11NO2S2. The monoisotopic (exact) mass is 193 g/mol. The molecule has 0 aliphatic rings. The van der Waals surface area contributed by atoms with Gasteiger partial charge in [0.25, 0.3) is 0 Å². The van der Waals surface area contributed by atoms with Gasteiger partial charge < -0.3 is 10.8 Å². The van der Waals surface area contributed by atoms with Crippen LogP contribution in [0.15, 0.2) is 12.7 Å². The molecule has 5 heteroatoms. The zero-order valence-corrected chi connectivity index (χ0v) is 7.66. The van der Waals surface area contributed by atoms with Crippen molar-refractivity contribution in [1.29, 1.82) is 0 Å². The highest BCUT2D eigenvalue weighted by molar-refractivity contribution is 8.76. The van der Waals surface area contributed by atoms with Crippen molar-refractivity contribution in [2.24, 2.45) is 5.73 Å². The van der Waals surface area contributed by atoms with E-state index in [-0.39, 0.29) is 0 Å². The molecule has 0 aromatic rings. The van der Waals surface area contributed by atoms with Crippen LogP contribution >= 0.6 is 21.6 Å². The lowest BCUT2D eigenvalue weighted by atomic mass is 10.4. The van der Waals surface area contributed by atoms with Gasteiger partial charge in [-0.25, -0.2) is 0 Å². The lowest BCUT2D eigenvalue weighted by molar-refractivity contribution is -0.137. The van der Waals surface area contributed by atoms with E-state index in [0.29, 0.717) is 5.75 Å². The van der Waals surface area contributed by atoms with E-state index in [1.54, 1.807) is 16.9 Å². The zero-order chi connectivity index (χ0) is 8.69. The third-order valence-corrected chi connectivity index (χ3v) is 3.18. The molecule has 0 fully saturated rings. The summed E-state index contributed by atoms with van der Waals surface area (Å²) in [6, 6.07) is -0.752. The van der Waals surface area contributed by atoms with E-state index < -0.39 is 12.0 Å². The van der Waals surface area contributed by atoms with E-state index in [0.717, 1.165) is 5.75 Å². The van der Waals surface area contributed by atoms with Gasteiger partial charge in [0, 0.05) is 11.5 Å². The highest BCUT2D eigenvalue weighted by Gasteiger charge is 2.10. The van der Waals surface area contributed by atoms with Gasteiger partial charge in [0.1, 0.15) is 6.04 Å². The molecular weight excluding hydrogens is 182 g/mol. The molecule has 3 N–H and O–H groups in total. The van der Waals surface area contributed by atoms with Crippen LogP contribution < -0.4 is 5.73 Å². The average molecular weight is 193 g/mol. The number of carboxylic acids is 1. The van der Waals surface area contributed by atoms with Crippen molar-refractivity contribution in [3.63, 3.8) is 0 Å². The molecule has 0 spiro atoms. The van der Waals surface area contributed by atoms with Crippen molar-refractivity contribution in [2.75, 3.05) is 11.5 Å². The molecule has 11 heavy (non-hydrogen) atoms. The maximum Gasteiger partial charge on any atom is 0.321 e. The molecule has 0 aromatic heterocycles. The fraction of sp³-hybridized carbons (Fsp3) is 0.500. The third kappa shape index (κ3) is 6.28. The molecule has 3 nitrogen and oxygen atoms in total. The maximum atomic E-state index is 10.2. The Hall–Kier alpha value is -0.130.